The van der Waals surface area contributed by atoms with E-state index in [1.165, 1.54) is 0 Å². The lowest BCUT2D eigenvalue weighted by Crippen LogP contribution is -2.27. The van der Waals surface area contributed by atoms with Crippen LogP contribution in [0.5, 0.6) is 0 Å². The van der Waals surface area contributed by atoms with Crippen LogP contribution < -0.4 is 5.32 Å². The molecule has 0 aromatic rings. The Bertz CT molecular complexity index is 242. The number of carbonyl (C=O) groups excluding carboxylic acids is 1. The van der Waals surface area contributed by atoms with Gasteiger partial charge in [-0.25, -0.2) is 0 Å². The highest BCUT2D eigenvalue weighted by molar-refractivity contribution is 7.84. The van der Waals surface area contributed by atoms with Gasteiger partial charge in [-0.2, -0.15) is 0 Å². The molecule has 0 aliphatic heterocycles. The van der Waals surface area contributed by atoms with Gasteiger partial charge in [0.15, 0.2) is 0 Å². The lowest BCUT2D eigenvalue weighted by molar-refractivity contribution is -0.137. The Morgan fingerprint density at radius 1 is 1.27 bits per heavy atom. The zero-order chi connectivity index (χ0) is 11.7. The summed E-state index contributed by atoms with van der Waals surface area (Å²) in [6.45, 7) is 0.418. The molecule has 0 aliphatic rings. The highest BCUT2D eigenvalue weighted by Gasteiger charge is 2.02. The van der Waals surface area contributed by atoms with Gasteiger partial charge in [-0.1, -0.05) is 0 Å². The molecule has 0 saturated carbocycles. The van der Waals surface area contributed by atoms with E-state index < -0.39 is 16.8 Å². The topological polar surface area (TPSA) is 83.5 Å². The van der Waals surface area contributed by atoms with Crippen molar-refractivity contribution in [2.75, 3.05) is 18.6 Å². The van der Waals surface area contributed by atoms with Crippen LogP contribution in [0.15, 0.2) is 0 Å². The van der Waals surface area contributed by atoms with Crippen molar-refractivity contribution >= 4 is 22.7 Å². The molecule has 2 N–H and O–H groups in total. The molecule has 0 bridgehead atoms. The number of unbranched alkanes of at least 4 members (excludes halogenated alkanes) is 1. The van der Waals surface area contributed by atoms with Gasteiger partial charge >= 0.3 is 5.97 Å². The van der Waals surface area contributed by atoms with E-state index in [9.17, 15) is 13.8 Å². The summed E-state index contributed by atoms with van der Waals surface area (Å²) < 4.78 is 10.7. The molecule has 1 atom stereocenters. The van der Waals surface area contributed by atoms with Gasteiger partial charge < -0.3 is 10.4 Å². The zero-order valence-electron chi connectivity index (χ0n) is 8.82. The summed E-state index contributed by atoms with van der Waals surface area (Å²) in [5.41, 5.74) is 0. The number of carbonyl (C=O) groups is 2. The average molecular weight is 235 g/mol. The normalized spacial score (nSPS) is 12.1. The molecule has 0 aromatic heterocycles. The largest absolute Gasteiger partial charge is 0.481 e. The molecule has 15 heavy (non-hydrogen) atoms. The molecule has 1 amide bonds. The van der Waals surface area contributed by atoms with Crippen LogP contribution in [0, 0.1) is 0 Å². The fraction of sp³-hybridized carbons (Fsp3) is 0.778. The summed E-state index contributed by atoms with van der Waals surface area (Å²) >= 11 is 0. The third-order valence-corrected chi connectivity index (χ3v) is 2.54. The number of carboxylic acids is 1. The Morgan fingerprint density at radius 3 is 2.40 bits per heavy atom. The predicted octanol–water partition coefficient (Wildman–Crippen LogP) is 0.126. The third-order valence-electron chi connectivity index (χ3n) is 1.76. The fourth-order valence-corrected chi connectivity index (χ4v) is 1.37. The van der Waals surface area contributed by atoms with E-state index in [0.717, 1.165) is 0 Å². The first-order chi connectivity index (χ1) is 7.02. The molecule has 0 rings (SSSR count). The molecule has 0 radical (unpaired) electrons. The van der Waals surface area contributed by atoms with Gasteiger partial charge in [0.05, 0.1) is 0 Å². The second-order valence-electron chi connectivity index (χ2n) is 3.23. The van der Waals surface area contributed by atoms with Crippen molar-refractivity contribution < 1.29 is 18.9 Å². The van der Waals surface area contributed by atoms with E-state index in [4.69, 9.17) is 5.11 Å². The van der Waals surface area contributed by atoms with E-state index in [2.05, 4.69) is 5.32 Å². The Hall–Kier alpha value is -0.910. The number of amides is 1. The highest BCUT2D eigenvalue weighted by atomic mass is 32.2. The fourth-order valence-electron chi connectivity index (χ4n) is 0.984. The molecule has 88 valence electrons. The smallest absolute Gasteiger partial charge is 0.303 e. The molecule has 1 unspecified atom stereocenters. The number of rotatable bonds is 8. The predicted molar refractivity (Wildman–Crippen MR) is 58.0 cm³/mol. The van der Waals surface area contributed by atoms with E-state index in [1.54, 1.807) is 6.26 Å². The number of aliphatic carboxylic acids is 1. The maximum atomic E-state index is 11.1. The lowest BCUT2D eigenvalue weighted by Gasteiger charge is -2.02. The SMILES string of the molecule is CS(=O)CCNC(=O)CCCCC(=O)O. The molecule has 0 spiro atoms. The molecule has 0 fully saturated rings. The van der Waals surface area contributed by atoms with Gasteiger partial charge in [0, 0.05) is 42.2 Å². The second-order valence-corrected chi connectivity index (χ2v) is 4.78. The van der Waals surface area contributed by atoms with Crippen LogP contribution >= 0.6 is 0 Å². The minimum absolute atomic E-state index is 0.103. The van der Waals surface area contributed by atoms with Crippen molar-refractivity contribution in [3.63, 3.8) is 0 Å². The van der Waals surface area contributed by atoms with Gasteiger partial charge in [0.1, 0.15) is 0 Å². The summed E-state index contributed by atoms with van der Waals surface area (Å²) in [6, 6.07) is 0. The minimum atomic E-state index is -0.888. The molecule has 0 aromatic carbocycles. The van der Waals surface area contributed by atoms with Crippen LogP contribution in [0.3, 0.4) is 0 Å². The maximum absolute atomic E-state index is 11.1. The Kier molecular flexibility index (Phi) is 7.89. The Morgan fingerprint density at radius 2 is 1.87 bits per heavy atom. The van der Waals surface area contributed by atoms with Crippen LogP contribution in [0.4, 0.5) is 0 Å². The number of nitrogens with one attached hydrogen (secondary N) is 1. The molecule has 5 nitrogen and oxygen atoms in total. The third kappa shape index (κ3) is 11.0. The van der Waals surface area contributed by atoms with Crippen molar-refractivity contribution in [2.24, 2.45) is 0 Å². The van der Waals surface area contributed by atoms with Crippen LogP contribution in [0.25, 0.3) is 0 Å². The van der Waals surface area contributed by atoms with Crippen molar-refractivity contribution in [3.8, 4) is 0 Å². The molecular formula is C9H17NO4S. The van der Waals surface area contributed by atoms with E-state index in [1.807, 2.05) is 0 Å². The van der Waals surface area contributed by atoms with Gasteiger partial charge in [0.2, 0.25) is 5.91 Å². The van der Waals surface area contributed by atoms with Crippen molar-refractivity contribution in [2.45, 2.75) is 25.7 Å². The number of carboxylic acid groups (broad SMARTS) is 1. The monoisotopic (exact) mass is 235 g/mol. The van der Waals surface area contributed by atoms with Crippen molar-refractivity contribution in [1.29, 1.82) is 0 Å². The standard InChI is InChI=1S/C9H17NO4S/c1-15(14)7-6-10-8(11)4-2-3-5-9(12)13/h2-7H2,1H3,(H,10,11)(H,12,13). The van der Waals surface area contributed by atoms with E-state index in [0.29, 0.717) is 31.6 Å². The zero-order valence-corrected chi connectivity index (χ0v) is 9.64. The number of hydrogen-bond acceptors (Lipinski definition) is 3. The van der Waals surface area contributed by atoms with E-state index >= 15 is 0 Å². The summed E-state index contributed by atoms with van der Waals surface area (Å²) in [5.74, 6) is -0.483. The van der Waals surface area contributed by atoms with E-state index in [-0.39, 0.29) is 12.3 Å². The van der Waals surface area contributed by atoms with Gasteiger partial charge in [-0.15, -0.1) is 0 Å². The van der Waals surface area contributed by atoms with Crippen molar-refractivity contribution in [1.82, 2.24) is 5.32 Å². The Balaban J connectivity index is 3.33. The summed E-state index contributed by atoms with van der Waals surface area (Å²) in [5, 5.41) is 11.0. The van der Waals surface area contributed by atoms with Crippen LogP contribution in [0.1, 0.15) is 25.7 Å². The molecule has 0 heterocycles. The van der Waals surface area contributed by atoms with Gasteiger partial charge in [-0.05, 0) is 12.8 Å². The first-order valence-electron chi connectivity index (χ1n) is 4.81. The van der Waals surface area contributed by atoms with Crippen LogP contribution in [0.2, 0.25) is 0 Å². The van der Waals surface area contributed by atoms with Gasteiger partial charge in [0.25, 0.3) is 0 Å². The minimum Gasteiger partial charge on any atom is -0.481 e. The molecule has 0 aliphatic carbocycles. The maximum Gasteiger partial charge on any atom is 0.303 e. The summed E-state index contributed by atoms with van der Waals surface area (Å²) in [7, 11) is -0.888. The lowest BCUT2D eigenvalue weighted by atomic mass is 10.2. The molecule has 0 saturated heterocycles. The van der Waals surface area contributed by atoms with Crippen LogP contribution in [-0.2, 0) is 20.4 Å². The molecule has 6 heteroatoms. The quantitative estimate of drug-likeness (QED) is 0.586. The van der Waals surface area contributed by atoms with Crippen LogP contribution in [-0.4, -0.2) is 39.7 Å². The first kappa shape index (κ1) is 14.1. The first-order valence-corrected chi connectivity index (χ1v) is 6.53. The second kappa shape index (κ2) is 8.40. The summed E-state index contributed by atoms with van der Waals surface area (Å²) in [4.78, 5) is 21.3. The molecular weight excluding hydrogens is 218 g/mol. The van der Waals surface area contributed by atoms with Gasteiger partial charge in [-0.3, -0.25) is 13.8 Å². The summed E-state index contributed by atoms with van der Waals surface area (Å²) in [6.07, 6.45) is 3.12. The highest BCUT2D eigenvalue weighted by Crippen LogP contribution is 1.99. The van der Waals surface area contributed by atoms with Crippen molar-refractivity contribution in [3.05, 3.63) is 0 Å². The average Bonchev–Trinajstić information content (AvgIpc) is 2.11. The number of hydrogen-bond donors (Lipinski definition) is 2. The Labute approximate surface area is 91.7 Å².